The second-order valence-corrected chi connectivity index (χ2v) is 6.17. The molecule has 1 aromatic heterocycles. The maximum Gasteiger partial charge on any atom is 0.253 e. The van der Waals surface area contributed by atoms with Crippen molar-refractivity contribution in [3.8, 4) is 0 Å². The van der Waals surface area contributed by atoms with Gasteiger partial charge in [-0.05, 0) is 42.7 Å². The normalized spacial score (nSPS) is 15.0. The zero-order valence-corrected chi connectivity index (χ0v) is 13.8. The van der Waals surface area contributed by atoms with Gasteiger partial charge < -0.3 is 10.2 Å². The summed E-state index contributed by atoms with van der Waals surface area (Å²) in [5.41, 5.74) is 1.41. The van der Waals surface area contributed by atoms with Crippen molar-refractivity contribution in [2.75, 3.05) is 13.1 Å². The standard InChI is InChI=1S/C19H20FN3O2/c20-16-3-1-14(2-4-16)13-18(24)22-17-7-11-23(12-8-17)19(25)15-5-9-21-10-6-15/h1-6,9-10,17H,7-8,11-13H2,(H,22,24). The molecule has 5 nitrogen and oxygen atoms in total. The molecule has 0 saturated carbocycles. The molecule has 0 bridgehead atoms. The van der Waals surface area contributed by atoms with E-state index in [1.54, 1.807) is 41.6 Å². The number of benzene rings is 1. The van der Waals surface area contributed by atoms with Crippen LogP contribution in [0.4, 0.5) is 4.39 Å². The maximum atomic E-state index is 12.9. The monoisotopic (exact) mass is 341 g/mol. The molecule has 1 fully saturated rings. The molecule has 130 valence electrons. The van der Waals surface area contributed by atoms with Crippen LogP contribution in [0.15, 0.2) is 48.8 Å². The zero-order valence-electron chi connectivity index (χ0n) is 13.8. The van der Waals surface area contributed by atoms with Crippen LogP contribution in [0.5, 0.6) is 0 Å². The fourth-order valence-electron chi connectivity index (χ4n) is 2.97. The first-order chi connectivity index (χ1) is 12.1. The van der Waals surface area contributed by atoms with Gasteiger partial charge in [-0.2, -0.15) is 0 Å². The second-order valence-electron chi connectivity index (χ2n) is 6.17. The topological polar surface area (TPSA) is 62.3 Å². The number of carbonyl (C=O) groups is 2. The van der Waals surface area contributed by atoms with Gasteiger partial charge in [0.1, 0.15) is 5.82 Å². The summed E-state index contributed by atoms with van der Waals surface area (Å²) in [5.74, 6) is -0.389. The van der Waals surface area contributed by atoms with Gasteiger partial charge in [-0.15, -0.1) is 0 Å². The molecule has 0 atom stereocenters. The molecule has 2 heterocycles. The van der Waals surface area contributed by atoms with Gasteiger partial charge in [0.2, 0.25) is 5.91 Å². The molecule has 3 rings (SSSR count). The van der Waals surface area contributed by atoms with E-state index >= 15 is 0 Å². The first-order valence-electron chi connectivity index (χ1n) is 8.35. The Balaban J connectivity index is 1.46. The van der Waals surface area contributed by atoms with E-state index in [9.17, 15) is 14.0 Å². The Bertz CT molecular complexity index is 726. The lowest BCUT2D eigenvalue weighted by Crippen LogP contribution is -2.46. The summed E-state index contributed by atoms with van der Waals surface area (Å²) in [6.07, 6.45) is 4.90. The minimum absolute atomic E-state index is 0.00140. The smallest absolute Gasteiger partial charge is 0.253 e. The maximum absolute atomic E-state index is 12.9. The van der Waals surface area contributed by atoms with Crippen LogP contribution >= 0.6 is 0 Å². The number of amides is 2. The van der Waals surface area contributed by atoms with E-state index in [0.717, 1.165) is 18.4 Å². The lowest BCUT2D eigenvalue weighted by atomic mass is 10.0. The molecule has 1 saturated heterocycles. The van der Waals surface area contributed by atoms with Crippen LogP contribution in [0.1, 0.15) is 28.8 Å². The summed E-state index contributed by atoms with van der Waals surface area (Å²) >= 11 is 0. The number of nitrogens with zero attached hydrogens (tertiary/aromatic N) is 2. The highest BCUT2D eigenvalue weighted by Crippen LogP contribution is 2.14. The van der Waals surface area contributed by atoms with Gasteiger partial charge in [0.25, 0.3) is 5.91 Å². The predicted molar refractivity (Wildman–Crippen MR) is 91.4 cm³/mol. The number of nitrogens with one attached hydrogen (secondary N) is 1. The van der Waals surface area contributed by atoms with Crippen LogP contribution in [-0.2, 0) is 11.2 Å². The van der Waals surface area contributed by atoms with Crippen molar-refractivity contribution in [2.45, 2.75) is 25.3 Å². The molecule has 25 heavy (non-hydrogen) atoms. The Hall–Kier alpha value is -2.76. The highest BCUT2D eigenvalue weighted by Gasteiger charge is 2.24. The fourth-order valence-corrected chi connectivity index (χ4v) is 2.97. The van der Waals surface area contributed by atoms with Crippen LogP contribution in [-0.4, -0.2) is 40.8 Å². The van der Waals surface area contributed by atoms with Gasteiger partial charge in [0, 0.05) is 37.1 Å². The number of rotatable bonds is 4. The molecule has 2 amide bonds. The molecule has 1 aliphatic rings. The van der Waals surface area contributed by atoms with Crippen molar-refractivity contribution in [1.82, 2.24) is 15.2 Å². The molecule has 1 N–H and O–H groups in total. The van der Waals surface area contributed by atoms with Crippen molar-refractivity contribution in [3.05, 3.63) is 65.7 Å². The Morgan fingerprint density at radius 2 is 1.72 bits per heavy atom. The molecule has 1 aliphatic heterocycles. The molecular formula is C19H20FN3O2. The third-order valence-electron chi connectivity index (χ3n) is 4.35. The van der Waals surface area contributed by atoms with E-state index in [-0.39, 0.29) is 30.1 Å². The Kier molecular flexibility index (Phi) is 5.38. The first-order valence-corrected chi connectivity index (χ1v) is 8.35. The van der Waals surface area contributed by atoms with E-state index in [2.05, 4.69) is 10.3 Å². The number of piperidine rings is 1. The molecule has 0 unspecified atom stereocenters. The number of hydrogen-bond acceptors (Lipinski definition) is 3. The summed E-state index contributed by atoms with van der Waals surface area (Å²) in [7, 11) is 0. The van der Waals surface area contributed by atoms with Crippen LogP contribution < -0.4 is 5.32 Å². The van der Waals surface area contributed by atoms with E-state index in [1.807, 2.05) is 0 Å². The van der Waals surface area contributed by atoms with Crippen molar-refractivity contribution in [2.24, 2.45) is 0 Å². The van der Waals surface area contributed by atoms with Gasteiger partial charge in [0.15, 0.2) is 0 Å². The summed E-state index contributed by atoms with van der Waals surface area (Å²) in [6, 6.07) is 9.42. The number of aromatic nitrogens is 1. The van der Waals surface area contributed by atoms with Crippen molar-refractivity contribution in [3.63, 3.8) is 0 Å². The Morgan fingerprint density at radius 3 is 2.36 bits per heavy atom. The highest BCUT2D eigenvalue weighted by atomic mass is 19.1. The van der Waals surface area contributed by atoms with Crippen molar-refractivity contribution >= 4 is 11.8 Å². The zero-order chi connectivity index (χ0) is 17.6. The van der Waals surface area contributed by atoms with Crippen LogP contribution in [0.25, 0.3) is 0 Å². The van der Waals surface area contributed by atoms with E-state index < -0.39 is 0 Å². The minimum atomic E-state index is -0.310. The summed E-state index contributed by atoms with van der Waals surface area (Å²) in [5, 5.41) is 3.00. The average Bonchev–Trinajstić information content (AvgIpc) is 2.64. The Morgan fingerprint density at radius 1 is 1.08 bits per heavy atom. The van der Waals surface area contributed by atoms with Crippen molar-refractivity contribution in [1.29, 1.82) is 0 Å². The molecular weight excluding hydrogens is 321 g/mol. The lowest BCUT2D eigenvalue weighted by molar-refractivity contribution is -0.121. The van der Waals surface area contributed by atoms with Gasteiger partial charge in [-0.3, -0.25) is 14.6 Å². The lowest BCUT2D eigenvalue weighted by Gasteiger charge is -2.32. The van der Waals surface area contributed by atoms with Crippen LogP contribution in [0, 0.1) is 5.82 Å². The highest BCUT2D eigenvalue weighted by molar-refractivity contribution is 5.94. The molecule has 0 aliphatic carbocycles. The third kappa shape index (κ3) is 4.62. The van der Waals surface area contributed by atoms with Crippen LogP contribution in [0.3, 0.4) is 0 Å². The number of likely N-dealkylation sites (tertiary alicyclic amines) is 1. The number of hydrogen-bond donors (Lipinski definition) is 1. The van der Waals surface area contributed by atoms with E-state index in [1.165, 1.54) is 12.1 Å². The summed E-state index contributed by atoms with van der Waals surface area (Å²) < 4.78 is 12.9. The number of carbonyl (C=O) groups excluding carboxylic acids is 2. The molecule has 0 radical (unpaired) electrons. The number of halogens is 1. The van der Waals surface area contributed by atoms with Gasteiger partial charge >= 0.3 is 0 Å². The third-order valence-corrected chi connectivity index (χ3v) is 4.35. The first kappa shape index (κ1) is 17.1. The predicted octanol–water partition coefficient (Wildman–Crippen LogP) is 2.18. The van der Waals surface area contributed by atoms with Crippen molar-refractivity contribution < 1.29 is 14.0 Å². The van der Waals surface area contributed by atoms with Gasteiger partial charge in [0.05, 0.1) is 6.42 Å². The van der Waals surface area contributed by atoms with E-state index in [0.29, 0.717) is 18.7 Å². The molecule has 6 heteroatoms. The number of pyridine rings is 1. The SMILES string of the molecule is O=C(Cc1ccc(F)cc1)NC1CCN(C(=O)c2ccncc2)CC1. The quantitative estimate of drug-likeness (QED) is 0.927. The van der Waals surface area contributed by atoms with Crippen LogP contribution in [0.2, 0.25) is 0 Å². The molecule has 1 aromatic carbocycles. The second kappa shape index (κ2) is 7.88. The van der Waals surface area contributed by atoms with Gasteiger partial charge in [-0.1, -0.05) is 12.1 Å². The van der Waals surface area contributed by atoms with E-state index in [4.69, 9.17) is 0 Å². The Labute approximate surface area is 145 Å². The molecule has 2 aromatic rings. The molecule has 0 spiro atoms. The average molecular weight is 341 g/mol. The summed E-state index contributed by atoms with van der Waals surface area (Å²) in [4.78, 5) is 30.2. The largest absolute Gasteiger partial charge is 0.353 e. The fraction of sp³-hybridized carbons (Fsp3) is 0.316. The summed E-state index contributed by atoms with van der Waals surface area (Å²) in [6.45, 7) is 1.23. The minimum Gasteiger partial charge on any atom is -0.353 e. The van der Waals surface area contributed by atoms with Gasteiger partial charge in [-0.25, -0.2) is 4.39 Å².